The molecule has 37 heavy (non-hydrogen) atoms. The van der Waals surface area contributed by atoms with E-state index in [4.69, 9.17) is 4.74 Å². The first-order chi connectivity index (χ1) is 17.4. The number of carbonyl (C=O) groups is 1. The van der Waals surface area contributed by atoms with Gasteiger partial charge in [-0.05, 0) is 75.1 Å². The summed E-state index contributed by atoms with van der Waals surface area (Å²) in [5, 5.41) is 12.5. The van der Waals surface area contributed by atoms with Crippen LogP contribution in [0.5, 0.6) is 5.88 Å². The fourth-order valence-electron chi connectivity index (χ4n) is 4.37. The van der Waals surface area contributed by atoms with Crippen molar-refractivity contribution in [2.45, 2.75) is 64.8 Å². The van der Waals surface area contributed by atoms with Crippen molar-refractivity contribution in [3.63, 3.8) is 0 Å². The standard InChI is InChI=1S/C29H32F3N3O2/c1-5-20-9-11-21(12-10-20)16-25(23-8-6-7-22(15-23)17-33)19(2)35-27(36)28(3,4)37-26-14-13-24(18-34-26)29(30,31)32/h6-14,18-19,23,25H,5,15-16H2,1-4H3,(H,35,36)/t19-,23?,25?/m0/s1. The average molecular weight is 512 g/mol. The smallest absolute Gasteiger partial charge is 0.417 e. The average Bonchev–Trinajstić information content (AvgIpc) is 2.87. The van der Waals surface area contributed by atoms with Crippen LogP contribution in [0.3, 0.4) is 0 Å². The van der Waals surface area contributed by atoms with Gasteiger partial charge in [-0.3, -0.25) is 4.79 Å². The number of hydrogen-bond donors (Lipinski definition) is 1. The summed E-state index contributed by atoms with van der Waals surface area (Å²) in [6.07, 6.45) is 4.16. The third-order valence-corrected chi connectivity index (χ3v) is 6.68. The van der Waals surface area contributed by atoms with Gasteiger partial charge in [0.2, 0.25) is 5.88 Å². The molecule has 1 aromatic heterocycles. The van der Waals surface area contributed by atoms with Gasteiger partial charge >= 0.3 is 6.18 Å². The minimum atomic E-state index is -4.51. The van der Waals surface area contributed by atoms with E-state index < -0.39 is 23.2 Å². The van der Waals surface area contributed by atoms with Crippen LogP contribution in [0.2, 0.25) is 0 Å². The van der Waals surface area contributed by atoms with Crippen molar-refractivity contribution >= 4 is 5.91 Å². The van der Waals surface area contributed by atoms with Gasteiger partial charge in [0.25, 0.3) is 5.91 Å². The third-order valence-electron chi connectivity index (χ3n) is 6.68. The SMILES string of the molecule is CCc1ccc(CC(C2C=CC=C(C#N)C2)[C@H](C)NC(=O)C(C)(C)Oc2ccc(C(F)(F)F)cn2)cc1. The van der Waals surface area contributed by atoms with Crippen molar-refractivity contribution in [2.24, 2.45) is 11.8 Å². The number of halogens is 3. The minimum absolute atomic E-state index is 0.00952. The Morgan fingerprint density at radius 1 is 1.19 bits per heavy atom. The first kappa shape index (κ1) is 28.0. The van der Waals surface area contributed by atoms with E-state index in [1.807, 2.05) is 13.0 Å². The molecule has 1 amide bonds. The maximum atomic E-state index is 13.2. The number of carbonyl (C=O) groups excluding carboxylic acids is 1. The summed E-state index contributed by atoms with van der Waals surface area (Å²) in [5.74, 6) is -0.456. The molecule has 0 fully saturated rings. The van der Waals surface area contributed by atoms with E-state index >= 15 is 0 Å². The summed E-state index contributed by atoms with van der Waals surface area (Å²) in [6, 6.07) is 12.3. The van der Waals surface area contributed by atoms with Crippen molar-refractivity contribution in [2.75, 3.05) is 0 Å². The predicted octanol–water partition coefficient (Wildman–Crippen LogP) is 6.21. The Balaban J connectivity index is 1.75. The summed E-state index contributed by atoms with van der Waals surface area (Å²) in [7, 11) is 0. The maximum absolute atomic E-state index is 13.2. The van der Waals surface area contributed by atoms with Crippen LogP contribution in [0, 0.1) is 23.2 Å². The van der Waals surface area contributed by atoms with Crippen molar-refractivity contribution in [3.05, 3.63) is 83.1 Å². The third kappa shape index (κ3) is 7.45. The summed E-state index contributed by atoms with van der Waals surface area (Å²) in [6.45, 7) is 7.11. The Kier molecular flexibility index (Phi) is 8.80. The lowest BCUT2D eigenvalue weighted by atomic mass is 9.77. The van der Waals surface area contributed by atoms with E-state index in [2.05, 4.69) is 53.6 Å². The molecule has 2 aromatic rings. The van der Waals surface area contributed by atoms with E-state index in [0.717, 1.165) is 24.1 Å². The molecule has 3 rings (SSSR count). The Bertz CT molecular complexity index is 1180. The Morgan fingerprint density at radius 3 is 2.43 bits per heavy atom. The summed E-state index contributed by atoms with van der Waals surface area (Å²) < 4.78 is 44.2. The highest BCUT2D eigenvalue weighted by Crippen LogP contribution is 2.32. The molecule has 1 aliphatic carbocycles. The molecule has 196 valence electrons. The molecule has 0 bridgehead atoms. The molecule has 8 heteroatoms. The number of pyridine rings is 1. The van der Waals surface area contributed by atoms with Gasteiger partial charge in [-0.2, -0.15) is 18.4 Å². The summed E-state index contributed by atoms with van der Waals surface area (Å²) in [4.78, 5) is 16.9. The van der Waals surface area contributed by atoms with Crippen molar-refractivity contribution in [1.29, 1.82) is 5.26 Å². The van der Waals surface area contributed by atoms with Gasteiger partial charge in [0.15, 0.2) is 5.60 Å². The fraction of sp³-hybridized carbons (Fsp3) is 0.414. The number of allylic oxidation sites excluding steroid dienone is 4. The zero-order valence-electron chi connectivity index (χ0n) is 21.5. The summed E-state index contributed by atoms with van der Waals surface area (Å²) in [5.41, 5.74) is 0.791. The number of alkyl halides is 3. The number of nitrogens with one attached hydrogen (secondary N) is 1. The highest BCUT2D eigenvalue weighted by molar-refractivity contribution is 5.84. The zero-order chi connectivity index (χ0) is 27.2. The van der Waals surface area contributed by atoms with Crippen molar-refractivity contribution < 1.29 is 22.7 Å². The molecular weight excluding hydrogens is 479 g/mol. The molecule has 0 saturated carbocycles. The number of amides is 1. The molecule has 0 aliphatic heterocycles. The second kappa shape index (κ2) is 11.6. The number of nitrogens with zero attached hydrogens (tertiary/aromatic N) is 2. The second-order valence-electron chi connectivity index (χ2n) is 9.85. The fourth-order valence-corrected chi connectivity index (χ4v) is 4.37. The molecule has 1 N–H and O–H groups in total. The Hall–Kier alpha value is -3.60. The Morgan fingerprint density at radius 2 is 1.86 bits per heavy atom. The minimum Gasteiger partial charge on any atom is -0.462 e. The predicted molar refractivity (Wildman–Crippen MR) is 136 cm³/mol. The van der Waals surface area contributed by atoms with Crippen molar-refractivity contribution in [3.8, 4) is 11.9 Å². The van der Waals surface area contributed by atoms with E-state index in [9.17, 15) is 23.2 Å². The van der Waals surface area contributed by atoms with E-state index in [1.165, 1.54) is 5.56 Å². The first-order valence-corrected chi connectivity index (χ1v) is 12.3. The molecule has 0 spiro atoms. The van der Waals surface area contributed by atoms with Gasteiger partial charge in [-0.1, -0.05) is 43.3 Å². The lowest BCUT2D eigenvalue weighted by molar-refractivity contribution is -0.138. The highest BCUT2D eigenvalue weighted by Gasteiger charge is 2.36. The van der Waals surface area contributed by atoms with Crippen LogP contribution in [0.25, 0.3) is 0 Å². The lowest BCUT2D eigenvalue weighted by Crippen LogP contribution is -2.52. The quantitative estimate of drug-likeness (QED) is 0.434. The van der Waals surface area contributed by atoms with E-state index in [-0.39, 0.29) is 23.8 Å². The number of aromatic nitrogens is 1. The van der Waals surface area contributed by atoms with Crippen molar-refractivity contribution in [1.82, 2.24) is 10.3 Å². The van der Waals surface area contributed by atoms with Crippen LogP contribution in [0.4, 0.5) is 13.2 Å². The molecule has 0 radical (unpaired) electrons. The van der Waals surface area contributed by atoms with Crippen LogP contribution < -0.4 is 10.1 Å². The van der Waals surface area contributed by atoms with Crippen LogP contribution >= 0.6 is 0 Å². The van der Waals surface area contributed by atoms with Crippen LogP contribution in [-0.2, 0) is 23.8 Å². The van der Waals surface area contributed by atoms with E-state index in [0.29, 0.717) is 24.6 Å². The molecule has 3 atom stereocenters. The Labute approximate surface area is 216 Å². The topological polar surface area (TPSA) is 75.0 Å². The van der Waals surface area contributed by atoms with Gasteiger partial charge in [-0.15, -0.1) is 0 Å². The van der Waals surface area contributed by atoms with Gasteiger partial charge < -0.3 is 10.1 Å². The number of hydrogen-bond acceptors (Lipinski definition) is 4. The van der Waals surface area contributed by atoms with Gasteiger partial charge in [0, 0.05) is 23.9 Å². The number of nitriles is 1. The molecule has 5 nitrogen and oxygen atoms in total. The number of aryl methyl sites for hydroxylation is 1. The number of benzene rings is 1. The van der Waals surface area contributed by atoms with Gasteiger partial charge in [0.05, 0.1) is 11.6 Å². The van der Waals surface area contributed by atoms with Crippen LogP contribution in [0.1, 0.15) is 50.8 Å². The monoisotopic (exact) mass is 511 g/mol. The molecule has 1 aliphatic rings. The molecule has 0 saturated heterocycles. The van der Waals surface area contributed by atoms with Crippen LogP contribution in [-0.4, -0.2) is 22.5 Å². The summed E-state index contributed by atoms with van der Waals surface area (Å²) >= 11 is 0. The molecular formula is C29H32F3N3O2. The van der Waals surface area contributed by atoms with Gasteiger partial charge in [0.1, 0.15) is 0 Å². The zero-order valence-corrected chi connectivity index (χ0v) is 21.5. The van der Waals surface area contributed by atoms with Gasteiger partial charge in [-0.25, -0.2) is 4.98 Å². The molecule has 1 heterocycles. The van der Waals surface area contributed by atoms with Crippen LogP contribution in [0.15, 0.2) is 66.4 Å². The molecule has 1 aromatic carbocycles. The second-order valence-corrected chi connectivity index (χ2v) is 9.85. The number of rotatable bonds is 9. The lowest BCUT2D eigenvalue weighted by Gasteiger charge is -2.34. The first-order valence-electron chi connectivity index (χ1n) is 12.3. The highest BCUT2D eigenvalue weighted by atomic mass is 19.4. The normalized spacial score (nSPS) is 17.4. The largest absolute Gasteiger partial charge is 0.462 e. The number of ether oxygens (including phenoxy) is 1. The van der Waals surface area contributed by atoms with E-state index in [1.54, 1.807) is 19.9 Å². The molecule has 2 unspecified atom stereocenters. The maximum Gasteiger partial charge on any atom is 0.417 e.